The molecular weight excluding hydrogens is 493 g/mol. The van der Waals surface area contributed by atoms with Gasteiger partial charge in [-0.2, -0.15) is 4.98 Å². The molecule has 1 unspecified atom stereocenters. The number of halogens is 1. The lowest BCUT2D eigenvalue weighted by molar-refractivity contribution is 0.215. The van der Waals surface area contributed by atoms with Crippen LogP contribution in [0.15, 0.2) is 27.7 Å². The van der Waals surface area contributed by atoms with E-state index in [1.54, 1.807) is 7.05 Å². The molecule has 168 valence electrons. The molecule has 2 N–H and O–H groups in total. The van der Waals surface area contributed by atoms with Gasteiger partial charge in [0.1, 0.15) is 5.75 Å². The van der Waals surface area contributed by atoms with E-state index in [1.165, 1.54) is 5.56 Å². The molecule has 0 spiro atoms. The molecule has 1 aromatic heterocycles. The zero-order chi connectivity index (χ0) is 21.2. The van der Waals surface area contributed by atoms with Crippen molar-refractivity contribution in [1.82, 2.24) is 20.8 Å². The van der Waals surface area contributed by atoms with Crippen LogP contribution in [0.4, 0.5) is 0 Å². The molecule has 0 radical (unpaired) electrons. The Labute approximate surface area is 197 Å². The number of nitrogens with zero attached hydrogens (tertiary/aromatic N) is 3. The molecule has 30 heavy (non-hydrogen) atoms. The van der Waals surface area contributed by atoms with Gasteiger partial charge in [-0.15, -0.1) is 24.0 Å². The normalized spacial score (nSPS) is 12.4. The summed E-state index contributed by atoms with van der Waals surface area (Å²) in [4.78, 5) is 8.71. The molecule has 0 aliphatic carbocycles. The number of nitrogens with one attached hydrogen (secondary N) is 2. The number of aliphatic imine (C=N–C) groups is 1. The Morgan fingerprint density at radius 2 is 2.00 bits per heavy atom. The maximum absolute atomic E-state index is 6.08. The Morgan fingerprint density at radius 3 is 2.63 bits per heavy atom. The van der Waals surface area contributed by atoms with Crippen molar-refractivity contribution in [3.05, 3.63) is 41.0 Å². The van der Waals surface area contributed by atoms with Crippen molar-refractivity contribution >= 4 is 29.9 Å². The van der Waals surface area contributed by atoms with Gasteiger partial charge in [0, 0.05) is 38.0 Å². The van der Waals surface area contributed by atoms with Crippen LogP contribution in [-0.2, 0) is 13.0 Å². The molecule has 0 aliphatic heterocycles. The number of aryl methyl sites for hydroxylation is 2. The summed E-state index contributed by atoms with van der Waals surface area (Å²) >= 11 is 0. The van der Waals surface area contributed by atoms with Crippen molar-refractivity contribution < 1.29 is 9.26 Å². The number of aromatic nitrogens is 2. The average Bonchev–Trinajstić information content (AvgIpc) is 3.18. The second-order valence-corrected chi connectivity index (χ2v) is 7.61. The minimum Gasteiger partial charge on any atom is -0.490 e. The maximum Gasteiger partial charge on any atom is 0.226 e. The highest BCUT2D eigenvalue weighted by molar-refractivity contribution is 14.0. The monoisotopic (exact) mass is 529 g/mol. The molecule has 1 atom stereocenters. The molecule has 2 rings (SSSR count). The summed E-state index contributed by atoms with van der Waals surface area (Å²) in [7, 11) is 1.77. The van der Waals surface area contributed by atoms with Crippen molar-refractivity contribution in [2.75, 3.05) is 13.6 Å². The Morgan fingerprint density at radius 1 is 1.23 bits per heavy atom. The molecule has 1 heterocycles. The third kappa shape index (κ3) is 8.49. The smallest absolute Gasteiger partial charge is 0.226 e. The summed E-state index contributed by atoms with van der Waals surface area (Å²) in [6, 6.07) is 6.30. The number of benzene rings is 1. The molecule has 1 aromatic carbocycles. The van der Waals surface area contributed by atoms with Gasteiger partial charge in [0.25, 0.3) is 0 Å². The van der Waals surface area contributed by atoms with Crippen molar-refractivity contribution in [3.8, 4) is 5.75 Å². The largest absolute Gasteiger partial charge is 0.490 e. The van der Waals surface area contributed by atoms with Crippen LogP contribution in [0, 0.1) is 6.92 Å². The molecule has 0 bridgehead atoms. The van der Waals surface area contributed by atoms with Crippen molar-refractivity contribution in [1.29, 1.82) is 0 Å². The van der Waals surface area contributed by atoms with E-state index in [0.29, 0.717) is 12.4 Å². The summed E-state index contributed by atoms with van der Waals surface area (Å²) < 4.78 is 11.4. The lowest BCUT2D eigenvalue weighted by Crippen LogP contribution is -2.37. The van der Waals surface area contributed by atoms with Crippen LogP contribution in [0.25, 0.3) is 0 Å². The van der Waals surface area contributed by atoms with Gasteiger partial charge in [-0.05, 0) is 38.3 Å². The van der Waals surface area contributed by atoms with Gasteiger partial charge < -0.3 is 19.9 Å². The maximum atomic E-state index is 6.08. The highest BCUT2D eigenvalue weighted by Gasteiger charge is 2.10. The predicted molar refractivity (Wildman–Crippen MR) is 132 cm³/mol. The molecule has 0 saturated heterocycles. The van der Waals surface area contributed by atoms with E-state index < -0.39 is 0 Å². The molecular formula is C22H36IN5O2. The fraction of sp³-hybridized carbons (Fsp3) is 0.591. The highest BCUT2D eigenvalue weighted by atomic mass is 127. The van der Waals surface area contributed by atoms with E-state index in [2.05, 4.69) is 78.6 Å². The third-order valence-electron chi connectivity index (χ3n) is 4.66. The van der Waals surface area contributed by atoms with Gasteiger partial charge in [0.15, 0.2) is 11.8 Å². The summed E-state index contributed by atoms with van der Waals surface area (Å²) in [6.45, 7) is 11.8. The zero-order valence-corrected chi connectivity index (χ0v) is 21.3. The van der Waals surface area contributed by atoms with Gasteiger partial charge in [-0.1, -0.05) is 38.1 Å². The number of hydrogen-bond donors (Lipinski definition) is 2. The SMILES string of the molecule is CCC(C)Oc1cc(C)ccc1CNC(=NC)NCCCc1nc(C(C)C)no1.I. The Hall–Kier alpha value is -1.84. The van der Waals surface area contributed by atoms with Crippen LogP contribution < -0.4 is 15.4 Å². The molecule has 0 fully saturated rings. The number of guanidine groups is 1. The lowest BCUT2D eigenvalue weighted by Gasteiger charge is -2.18. The average molecular weight is 529 g/mol. The zero-order valence-electron chi connectivity index (χ0n) is 19.0. The second-order valence-electron chi connectivity index (χ2n) is 7.61. The molecule has 0 saturated carbocycles. The van der Waals surface area contributed by atoms with Crippen molar-refractivity contribution in [3.63, 3.8) is 0 Å². The summed E-state index contributed by atoms with van der Waals surface area (Å²) in [5, 5.41) is 10.7. The first-order valence-electron chi connectivity index (χ1n) is 10.5. The minimum absolute atomic E-state index is 0. The summed E-state index contributed by atoms with van der Waals surface area (Å²) in [6.07, 6.45) is 2.79. The molecule has 0 amide bonds. The number of hydrogen-bond acceptors (Lipinski definition) is 5. The van der Waals surface area contributed by atoms with Gasteiger partial charge in [0.2, 0.25) is 5.89 Å². The summed E-state index contributed by atoms with van der Waals surface area (Å²) in [5.74, 6) is 3.42. The van der Waals surface area contributed by atoms with Crippen molar-refractivity contribution in [2.24, 2.45) is 4.99 Å². The standard InChI is InChI=1S/C22H35N5O2.HI/c1-7-17(5)28-19-13-16(4)10-11-18(19)14-25-22(23-6)24-12-8-9-20-26-21(15(2)3)27-29-20;/h10-11,13,15,17H,7-9,12,14H2,1-6H3,(H2,23,24,25);1H. The Bertz CT molecular complexity index is 792. The molecule has 8 heteroatoms. The first kappa shape index (κ1) is 26.2. The van der Waals surface area contributed by atoms with E-state index in [1.807, 2.05) is 0 Å². The first-order chi connectivity index (χ1) is 13.9. The van der Waals surface area contributed by atoms with Crippen LogP contribution in [0.1, 0.15) is 69.3 Å². The van der Waals surface area contributed by atoms with Crippen LogP contribution in [0.5, 0.6) is 5.75 Å². The van der Waals surface area contributed by atoms with Gasteiger partial charge >= 0.3 is 0 Å². The van der Waals surface area contributed by atoms with Crippen LogP contribution in [-0.4, -0.2) is 35.8 Å². The fourth-order valence-corrected chi connectivity index (χ4v) is 2.67. The second kappa shape index (κ2) is 13.5. The quantitative estimate of drug-likeness (QED) is 0.203. The van der Waals surface area contributed by atoms with Gasteiger partial charge in [-0.3, -0.25) is 4.99 Å². The van der Waals surface area contributed by atoms with E-state index in [0.717, 1.165) is 48.9 Å². The van der Waals surface area contributed by atoms with Gasteiger partial charge in [0.05, 0.1) is 6.10 Å². The van der Waals surface area contributed by atoms with E-state index >= 15 is 0 Å². The molecule has 0 aliphatic rings. The summed E-state index contributed by atoms with van der Waals surface area (Å²) in [5.41, 5.74) is 2.31. The van der Waals surface area contributed by atoms with E-state index in [4.69, 9.17) is 9.26 Å². The van der Waals surface area contributed by atoms with Crippen LogP contribution in [0.3, 0.4) is 0 Å². The van der Waals surface area contributed by atoms with Crippen LogP contribution >= 0.6 is 24.0 Å². The number of rotatable bonds is 10. The van der Waals surface area contributed by atoms with E-state index in [-0.39, 0.29) is 36.0 Å². The first-order valence-corrected chi connectivity index (χ1v) is 10.5. The van der Waals surface area contributed by atoms with Crippen molar-refractivity contribution in [2.45, 2.75) is 72.4 Å². The van der Waals surface area contributed by atoms with E-state index in [9.17, 15) is 0 Å². The minimum atomic E-state index is 0. The lowest BCUT2D eigenvalue weighted by atomic mass is 10.1. The number of ether oxygens (including phenoxy) is 1. The fourth-order valence-electron chi connectivity index (χ4n) is 2.67. The predicted octanol–water partition coefficient (Wildman–Crippen LogP) is 4.59. The highest BCUT2D eigenvalue weighted by Crippen LogP contribution is 2.22. The Kier molecular flexibility index (Phi) is 11.8. The van der Waals surface area contributed by atoms with Crippen LogP contribution in [0.2, 0.25) is 0 Å². The van der Waals surface area contributed by atoms with Gasteiger partial charge in [-0.25, -0.2) is 0 Å². The molecule has 7 nitrogen and oxygen atoms in total. The topological polar surface area (TPSA) is 84.6 Å². The third-order valence-corrected chi connectivity index (χ3v) is 4.66. The molecule has 2 aromatic rings. The Balaban J connectivity index is 0.00000450.